The number of nitrogens with one attached hydrogen (secondary N) is 1. The first-order valence-corrected chi connectivity index (χ1v) is 6.17. The number of anilines is 1. The van der Waals surface area contributed by atoms with Crippen LogP contribution in [-0.4, -0.2) is 29.2 Å². The highest BCUT2D eigenvalue weighted by molar-refractivity contribution is 5.77. The Morgan fingerprint density at radius 2 is 2.15 bits per heavy atom. The fourth-order valence-corrected chi connectivity index (χ4v) is 1.81. The standard InChI is InChI=1S/C13H18N2O5/c1-8(2)6-10(13(16)17)14-9-4-5-11(15(18)19)12(7-9)20-3/h4-5,7-8,10,14H,6H2,1-3H3,(H,16,17)/t10-/m1/s1. The van der Waals surface area contributed by atoms with Crippen LogP contribution in [-0.2, 0) is 4.79 Å². The second-order valence-electron chi connectivity index (χ2n) is 4.81. The Labute approximate surface area is 116 Å². The summed E-state index contributed by atoms with van der Waals surface area (Å²) in [5.74, 6) is -0.659. The van der Waals surface area contributed by atoms with E-state index in [-0.39, 0.29) is 17.4 Å². The third-order valence-electron chi connectivity index (χ3n) is 2.72. The molecule has 0 aliphatic rings. The second kappa shape index (κ2) is 6.74. The van der Waals surface area contributed by atoms with Crippen LogP contribution in [0.15, 0.2) is 18.2 Å². The summed E-state index contributed by atoms with van der Waals surface area (Å²) in [5, 5.41) is 22.8. The maximum atomic E-state index is 11.2. The molecule has 0 unspecified atom stereocenters. The van der Waals surface area contributed by atoms with Crippen LogP contribution in [0.2, 0.25) is 0 Å². The third-order valence-corrected chi connectivity index (χ3v) is 2.72. The Morgan fingerprint density at radius 1 is 1.50 bits per heavy atom. The summed E-state index contributed by atoms with van der Waals surface area (Å²) in [4.78, 5) is 21.4. The number of nitro benzene ring substituents is 1. The zero-order valence-electron chi connectivity index (χ0n) is 11.6. The molecule has 7 nitrogen and oxygen atoms in total. The van der Waals surface area contributed by atoms with Gasteiger partial charge in [-0.3, -0.25) is 10.1 Å². The summed E-state index contributed by atoms with van der Waals surface area (Å²) in [5.41, 5.74) is 0.314. The molecular weight excluding hydrogens is 264 g/mol. The smallest absolute Gasteiger partial charge is 0.326 e. The molecule has 0 aliphatic heterocycles. The van der Waals surface area contributed by atoms with E-state index < -0.39 is 16.9 Å². The number of carboxylic acid groups (broad SMARTS) is 1. The number of nitrogens with zero attached hydrogens (tertiary/aromatic N) is 1. The maximum Gasteiger partial charge on any atom is 0.326 e. The minimum absolute atomic E-state index is 0.0914. The molecule has 0 spiro atoms. The average molecular weight is 282 g/mol. The van der Waals surface area contributed by atoms with Gasteiger partial charge < -0.3 is 15.2 Å². The number of carboxylic acids is 1. The summed E-state index contributed by atoms with van der Waals surface area (Å²) in [6, 6.07) is 3.43. The Bertz CT molecular complexity index is 502. The predicted octanol–water partition coefficient (Wildman–Crippen LogP) is 2.51. The van der Waals surface area contributed by atoms with Gasteiger partial charge in [-0.1, -0.05) is 13.8 Å². The van der Waals surface area contributed by atoms with Crippen LogP contribution in [0.5, 0.6) is 5.75 Å². The van der Waals surface area contributed by atoms with Crippen molar-refractivity contribution in [3.8, 4) is 5.75 Å². The number of nitro groups is 1. The summed E-state index contributed by atoms with van der Waals surface area (Å²) in [6.45, 7) is 3.85. The molecule has 7 heteroatoms. The lowest BCUT2D eigenvalue weighted by Gasteiger charge is -2.18. The minimum Gasteiger partial charge on any atom is -0.490 e. The lowest BCUT2D eigenvalue weighted by molar-refractivity contribution is -0.385. The van der Waals surface area contributed by atoms with Crippen LogP contribution < -0.4 is 10.1 Å². The van der Waals surface area contributed by atoms with E-state index in [1.807, 2.05) is 13.8 Å². The fourth-order valence-electron chi connectivity index (χ4n) is 1.81. The molecule has 0 fully saturated rings. The molecule has 0 saturated carbocycles. The number of benzene rings is 1. The van der Waals surface area contributed by atoms with Crippen molar-refractivity contribution in [1.82, 2.24) is 0 Å². The SMILES string of the molecule is COc1cc(N[C@H](CC(C)C)C(=O)O)ccc1[N+](=O)[O-]. The molecule has 0 aliphatic carbocycles. The van der Waals surface area contributed by atoms with E-state index in [0.29, 0.717) is 12.1 Å². The van der Waals surface area contributed by atoms with Crippen LogP contribution in [0.1, 0.15) is 20.3 Å². The van der Waals surface area contributed by atoms with Crippen LogP contribution in [0, 0.1) is 16.0 Å². The first-order valence-electron chi connectivity index (χ1n) is 6.17. The predicted molar refractivity (Wildman–Crippen MR) is 74.1 cm³/mol. The molecule has 1 aromatic carbocycles. The van der Waals surface area contributed by atoms with Crippen molar-refractivity contribution < 1.29 is 19.6 Å². The first-order chi connectivity index (χ1) is 9.35. The van der Waals surface area contributed by atoms with Gasteiger partial charge in [0, 0.05) is 17.8 Å². The van der Waals surface area contributed by atoms with Gasteiger partial charge in [0.25, 0.3) is 0 Å². The number of rotatable bonds is 7. The van der Waals surface area contributed by atoms with Crippen LogP contribution >= 0.6 is 0 Å². The lowest BCUT2D eigenvalue weighted by Crippen LogP contribution is -2.30. The normalized spacial score (nSPS) is 12.0. The molecule has 0 amide bonds. The second-order valence-corrected chi connectivity index (χ2v) is 4.81. The summed E-state index contributed by atoms with van der Waals surface area (Å²) in [7, 11) is 1.33. The number of hydrogen-bond acceptors (Lipinski definition) is 5. The molecule has 20 heavy (non-hydrogen) atoms. The van der Waals surface area contributed by atoms with Crippen molar-refractivity contribution >= 4 is 17.3 Å². The van der Waals surface area contributed by atoms with E-state index in [9.17, 15) is 14.9 Å². The van der Waals surface area contributed by atoms with E-state index in [4.69, 9.17) is 9.84 Å². The van der Waals surface area contributed by atoms with E-state index >= 15 is 0 Å². The Morgan fingerprint density at radius 3 is 2.60 bits per heavy atom. The lowest BCUT2D eigenvalue weighted by atomic mass is 10.0. The highest BCUT2D eigenvalue weighted by Crippen LogP contribution is 2.30. The number of hydrogen-bond donors (Lipinski definition) is 2. The molecule has 2 N–H and O–H groups in total. The molecule has 1 atom stereocenters. The van der Waals surface area contributed by atoms with Gasteiger partial charge in [0.2, 0.25) is 0 Å². The minimum atomic E-state index is -0.962. The highest BCUT2D eigenvalue weighted by Gasteiger charge is 2.20. The number of ether oxygens (including phenoxy) is 1. The van der Waals surface area contributed by atoms with Crippen LogP contribution in [0.25, 0.3) is 0 Å². The molecule has 1 aromatic rings. The van der Waals surface area contributed by atoms with Crippen molar-refractivity contribution in [3.05, 3.63) is 28.3 Å². The number of methoxy groups -OCH3 is 1. The van der Waals surface area contributed by atoms with Crippen LogP contribution in [0.4, 0.5) is 11.4 Å². The van der Waals surface area contributed by atoms with Crippen LogP contribution in [0.3, 0.4) is 0 Å². The largest absolute Gasteiger partial charge is 0.490 e. The molecule has 0 bridgehead atoms. The zero-order valence-corrected chi connectivity index (χ0v) is 11.6. The van der Waals surface area contributed by atoms with Crippen molar-refractivity contribution in [1.29, 1.82) is 0 Å². The molecule has 1 rings (SSSR count). The van der Waals surface area contributed by atoms with Gasteiger partial charge in [0.05, 0.1) is 12.0 Å². The Balaban J connectivity index is 2.96. The molecule has 0 radical (unpaired) electrons. The highest BCUT2D eigenvalue weighted by atomic mass is 16.6. The zero-order chi connectivity index (χ0) is 15.3. The average Bonchev–Trinajstić information content (AvgIpc) is 2.36. The molecule has 0 saturated heterocycles. The van der Waals surface area contributed by atoms with E-state index in [1.165, 1.54) is 25.3 Å². The van der Waals surface area contributed by atoms with Gasteiger partial charge in [0.15, 0.2) is 5.75 Å². The van der Waals surface area contributed by atoms with Gasteiger partial charge >= 0.3 is 11.7 Å². The Hall–Kier alpha value is -2.31. The van der Waals surface area contributed by atoms with Gasteiger partial charge in [-0.25, -0.2) is 4.79 Å². The van der Waals surface area contributed by atoms with Gasteiger partial charge in [-0.05, 0) is 18.4 Å². The number of carbonyl (C=O) groups is 1. The molecular formula is C13H18N2O5. The van der Waals surface area contributed by atoms with E-state index in [0.717, 1.165) is 0 Å². The fraction of sp³-hybridized carbons (Fsp3) is 0.462. The quantitative estimate of drug-likeness (QED) is 0.588. The summed E-state index contributed by atoms with van der Waals surface area (Å²) < 4.78 is 4.94. The van der Waals surface area contributed by atoms with Gasteiger partial charge in [-0.15, -0.1) is 0 Å². The van der Waals surface area contributed by atoms with E-state index in [1.54, 1.807) is 0 Å². The van der Waals surface area contributed by atoms with Gasteiger partial charge in [-0.2, -0.15) is 0 Å². The topological polar surface area (TPSA) is 102 Å². The molecule has 110 valence electrons. The first kappa shape index (κ1) is 15.7. The number of aliphatic carboxylic acids is 1. The Kier molecular flexibility index (Phi) is 5.31. The maximum absolute atomic E-state index is 11.2. The van der Waals surface area contributed by atoms with Gasteiger partial charge in [0.1, 0.15) is 6.04 Å². The third kappa shape index (κ3) is 4.11. The monoisotopic (exact) mass is 282 g/mol. The van der Waals surface area contributed by atoms with Crippen molar-refractivity contribution in [2.45, 2.75) is 26.3 Å². The van der Waals surface area contributed by atoms with Crippen molar-refractivity contribution in [2.75, 3.05) is 12.4 Å². The molecule has 0 heterocycles. The van der Waals surface area contributed by atoms with Crippen molar-refractivity contribution in [2.24, 2.45) is 5.92 Å². The van der Waals surface area contributed by atoms with Crippen molar-refractivity contribution in [3.63, 3.8) is 0 Å². The molecule has 0 aromatic heterocycles. The summed E-state index contributed by atoms with van der Waals surface area (Å²) in [6.07, 6.45) is 0.453. The van der Waals surface area contributed by atoms with E-state index in [2.05, 4.69) is 5.32 Å². The summed E-state index contributed by atoms with van der Waals surface area (Å²) >= 11 is 0.